The Kier molecular flexibility index (Phi) is 12.1. The van der Waals surface area contributed by atoms with Crippen LogP contribution in [0.3, 0.4) is 0 Å². The Balaban J connectivity index is 1.73. The molecule has 4 N–H and O–H groups in total. The molecule has 0 bridgehead atoms. The van der Waals surface area contributed by atoms with Crippen molar-refractivity contribution in [3.8, 4) is 0 Å². The van der Waals surface area contributed by atoms with Crippen molar-refractivity contribution in [3.05, 3.63) is 59.7 Å². The van der Waals surface area contributed by atoms with Crippen LogP contribution in [0.15, 0.2) is 53.4 Å². The number of aliphatic carboxylic acids is 1. The highest BCUT2D eigenvalue weighted by atomic mass is 32.2. The van der Waals surface area contributed by atoms with Crippen LogP contribution in [-0.2, 0) is 21.4 Å². The largest absolute Gasteiger partial charge is 0.481 e. The van der Waals surface area contributed by atoms with Crippen molar-refractivity contribution in [1.29, 1.82) is 0 Å². The number of urea groups is 1. The van der Waals surface area contributed by atoms with E-state index in [1.54, 1.807) is 36.4 Å². The minimum atomic E-state index is -3.62. The summed E-state index contributed by atoms with van der Waals surface area (Å²) in [7, 11) is -3.62. The maximum atomic E-state index is 13.7. The van der Waals surface area contributed by atoms with Crippen molar-refractivity contribution in [2.75, 3.05) is 18.4 Å². The van der Waals surface area contributed by atoms with Gasteiger partial charge in [-0.05, 0) is 85.4 Å². The fraction of sp³-hybridized carbons (Fsp3) is 0.531. The van der Waals surface area contributed by atoms with Gasteiger partial charge in [0.25, 0.3) is 5.91 Å². The lowest BCUT2D eigenvalue weighted by Crippen LogP contribution is -2.45. The van der Waals surface area contributed by atoms with E-state index in [9.17, 15) is 22.8 Å². The molecule has 0 saturated heterocycles. The molecule has 0 aromatic heterocycles. The summed E-state index contributed by atoms with van der Waals surface area (Å²) in [5, 5.41) is 14.3. The van der Waals surface area contributed by atoms with Crippen LogP contribution < -0.4 is 15.4 Å². The second-order valence-electron chi connectivity index (χ2n) is 12.3. The number of anilines is 1. The lowest BCUT2D eigenvalue weighted by molar-refractivity contribution is -0.136. The molecule has 0 atom stereocenters. The van der Waals surface area contributed by atoms with E-state index in [-0.39, 0.29) is 41.3 Å². The normalized spacial score (nSPS) is 17.2. The van der Waals surface area contributed by atoms with Crippen molar-refractivity contribution in [2.24, 2.45) is 11.3 Å². The van der Waals surface area contributed by atoms with E-state index in [1.165, 1.54) is 12.1 Å². The Hall–Kier alpha value is -3.44. The van der Waals surface area contributed by atoms with Crippen molar-refractivity contribution in [1.82, 2.24) is 14.9 Å². The number of nitrogens with zero attached hydrogens (tertiary/aromatic N) is 1. The molecule has 0 heterocycles. The number of carbonyl (C=O) groups is 3. The third-order valence-electron chi connectivity index (χ3n) is 8.05. The van der Waals surface area contributed by atoms with Crippen LogP contribution in [0.25, 0.3) is 0 Å². The number of carbonyl (C=O) groups excluding carboxylic acids is 2. The molecule has 1 aliphatic carbocycles. The highest BCUT2D eigenvalue weighted by Crippen LogP contribution is 2.39. The Labute approximate surface area is 255 Å². The van der Waals surface area contributed by atoms with Gasteiger partial charge < -0.3 is 20.6 Å². The number of rotatable bonds is 13. The summed E-state index contributed by atoms with van der Waals surface area (Å²) < 4.78 is 27.7. The van der Waals surface area contributed by atoms with E-state index in [1.807, 2.05) is 11.8 Å². The van der Waals surface area contributed by atoms with Crippen LogP contribution in [0.5, 0.6) is 0 Å². The van der Waals surface area contributed by atoms with Gasteiger partial charge in [0.1, 0.15) is 0 Å². The number of amides is 3. The zero-order valence-electron chi connectivity index (χ0n) is 25.7. The Morgan fingerprint density at radius 2 is 1.56 bits per heavy atom. The summed E-state index contributed by atoms with van der Waals surface area (Å²) in [6, 6.07) is 12.9. The SMILES string of the molecule is CCCCNS(=O)(=O)c1ccc(NC(=O)N(Cc2ccc(C(=O)NCCC(=O)O)cc2)[C@H]2CC[C@H](C(C)(C)C)CC2)cc1. The van der Waals surface area contributed by atoms with Gasteiger partial charge in [-0.3, -0.25) is 9.59 Å². The summed E-state index contributed by atoms with van der Waals surface area (Å²) in [4.78, 5) is 38.7. The third-order valence-corrected chi connectivity index (χ3v) is 9.53. The Morgan fingerprint density at radius 3 is 2.12 bits per heavy atom. The number of sulfonamides is 1. The minimum absolute atomic E-state index is 0.0278. The zero-order chi connectivity index (χ0) is 31.6. The first-order valence-corrected chi connectivity index (χ1v) is 16.5. The van der Waals surface area contributed by atoms with Gasteiger partial charge in [0.15, 0.2) is 0 Å². The van der Waals surface area contributed by atoms with E-state index < -0.39 is 16.0 Å². The van der Waals surface area contributed by atoms with Gasteiger partial charge in [-0.2, -0.15) is 0 Å². The quantitative estimate of drug-likeness (QED) is 0.216. The highest BCUT2D eigenvalue weighted by molar-refractivity contribution is 7.89. The summed E-state index contributed by atoms with van der Waals surface area (Å²) in [6.07, 6.45) is 5.27. The molecule has 10 nitrogen and oxygen atoms in total. The van der Waals surface area contributed by atoms with Gasteiger partial charge >= 0.3 is 12.0 Å². The average molecular weight is 615 g/mol. The summed E-state index contributed by atoms with van der Waals surface area (Å²) in [6.45, 7) is 9.52. The lowest BCUT2D eigenvalue weighted by atomic mass is 9.71. The predicted octanol–water partition coefficient (Wildman–Crippen LogP) is 5.61. The summed E-state index contributed by atoms with van der Waals surface area (Å²) in [5.41, 5.74) is 1.97. The van der Waals surface area contributed by atoms with Crippen LogP contribution in [0.2, 0.25) is 0 Å². The molecule has 236 valence electrons. The number of nitrogens with one attached hydrogen (secondary N) is 3. The number of unbranched alkanes of at least 4 members (excludes halogenated alkanes) is 1. The van der Waals surface area contributed by atoms with Crippen LogP contribution in [0.4, 0.5) is 10.5 Å². The molecule has 3 amide bonds. The average Bonchev–Trinajstić information content (AvgIpc) is 2.96. The van der Waals surface area contributed by atoms with Crippen LogP contribution in [0, 0.1) is 11.3 Å². The highest BCUT2D eigenvalue weighted by Gasteiger charge is 2.33. The predicted molar refractivity (Wildman–Crippen MR) is 167 cm³/mol. The maximum absolute atomic E-state index is 13.7. The topological polar surface area (TPSA) is 145 Å². The zero-order valence-corrected chi connectivity index (χ0v) is 26.5. The molecule has 43 heavy (non-hydrogen) atoms. The molecule has 11 heteroatoms. The first kappa shape index (κ1) is 34.1. The summed E-state index contributed by atoms with van der Waals surface area (Å²) in [5.74, 6) is -0.757. The van der Waals surface area contributed by atoms with E-state index in [0.29, 0.717) is 30.3 Å². The van der Waals surface area contributed by atoms with Crippen molar-refractivity contribution in [3.63, 3.8) is 0 Å². The van der Waals surface area contributed by atoms with Crippen molar-refractivity contribution in [2.45, 2.75) is 90.1 Å². The second kappa shape index (κ2) is 15.3. The number of benzene rings is 2. The standard InChI is InChI=1S/C32H46N4O6S/c1-5-6-20-34-43(41,42)28-17-13-26(14-18-28)35-31(40)36(27-15-11-25(12-16-27)32(2,3)4)22-23-7-9-24(10-8-23)30(39)33-21-19-29(37)38/h7-10,13-14,17-18,25,27,34H,5-6,11-12,15-16,19-22H2,1-4H3,(H,33,39)(H,35,40)(H,37,38)/t25-,27-. The van der Waals surface area contributed by atoms with Crippen molar-refractivity contribution >= 4 is 33.6 Å². The molecule has 1 aliphatic rings. The molecule has 3 rings (SSSR count). The second-order valence-corrected chi connectivity index (χ2v) is 14.1. The first-order chi connectivity index (χ1) is 20.3. The van der Waals surface area contributed by atoms with Gasteiger partial charge in [0.05, 0.1) is 11.3 Å². The van der Waals surface area contributed by atoms with Crippen molar-refractivity contribution < 1.29 is 27.9 Å². The molecule has 2 aromatic rings. The molecule has 2 aromatic carbocycles. The Morgan fingerprint density at radius 1 is 0.930 bits per heavy atom. The molecule has 1 saturated carbocycles. The fourth-order valence-corrected chi connectivity index (χ4v) is 6.42. The number of hydrogen-bond donors (Lipinski definition) is 4. The minimum Gasteiger partial charge on any atom is -0.481 e. The molecule has 0 spiro atoms. The molecule has 1 fully saturated rings. The number of carboxylic acids is 1. The van der Waals surface area contributed by atoms with Gasteiger partial charge in [0.2, 0.25) is 10.0 Å². The van der Waals surface area contributed by atoms with Crippen LogP contribution >= 0.6 is 0 Å². The monoisotopic (exact) mass is 614 g/mol. The number of carboxylic acid groups (broad SMARTS) is 1. The van der Waals surface area contributed by atoms with E-state index >= 15 is 0 Å². The Bertz CT molecular complexity index is 1330. The lowest BCUT2D eigenvalue weighted by Gasteiger charge is -2.41. The van der Waals surface area contributed by atoms with E-state index in [2.05, 4.69) is 36.1 Å². The first-order valence-electron chi connectivity index (χ1n) is 15.1. The van der Waals surface area contributed by atoms with Crippen LogP contribution in [0.1, 0.15) is 88.6 Å². The molecular weight excluding hydrogens is 568 g/mol. The molecule has 0 aliphatic heterocycles. The maximum Gasteiger partial charge on any atom is 0.322 e. The van der Waals surface area contributed by atoms with E-state index in [0.717, 1.165) is 44.1 Å². The van der Waals surface area contributed by atoms with Gasteiger partial charge in [-0.15, -0.1) is 0 Å². The van der Waals surface area contributed by atoms with E-state index in [4.69, 9.17) is 5.11 Å². The van der Waals surface area contributed by atoms with Crippen LogP contribution in [-0.4, -0.2) is 55.5 Å². The smallest absolute Gasteiger partial charge is 0.322 e. The molecular formula is C32H46N4O6S. The summed E-state index contributed by atoms with van der Waals surface area (Å²) >= 11 is 0. The van der Waals surface area contributed by atoms with Gasteiger partial charge in [-0.25, -0.2) is 17.9 Å². The molecule has 0 unspecified atom stereocenters. The molecule has 0 radical (unpaired) electrons. The third kappa shape index (κ3) is 10.4. The van der Waals surface area contributed by atoms with Gasteiger partial charge in [-0.1, -0.05) is 46.2 Å². The number of hydrogen-bond acceptors (Lipinski definition) is 5. The van der Waals surface area contributed by atoms with Gasteiger partial charge in [0, 0.05) is 36.9 Å². The fourth-order valence-electron chi connectivity index (χ4n) is 5.34.